The third-order valence-corrected chi connectivity index (χ3v) is 5.24. The molecule has 0 saturated heterocycles. The van der Waals surface area contributed by atoms with Crippen molar-refractivity contribution in [1.29, 1.82) is 0 Å². The first-order valence-electron chi connectivity index (χ1n) is 9.48. The molecule has 27 heavy (non-hydrogen) atoms. The fraction of sp³-hybridized carbons (Fsp3) is 0.318. The molecular formula is C22H25N3O2. The highest BCUT2D eigenvalue weighted by Crippen LogP contribution is 2.19. The number of hydrogen-bond acceptors (Lipinski definition) is 3. The number of para-hydroxylation sites is 1. The maximum Gasteiger partial charge on any atom is 0.224 e. The molecule has 0 saturated carbocycles. The first kappa shape index (κ1) is 17.8. The van der Waals surface area contributed by atoms with Crippen LogP contribution in [0, 0.1) is 0 Å². The van der Waals surface area contributed by atoms with Gasteiger partial charge in [-0.1, -0.05) is 42.5 Å². The minimum Gasteiger partial charge on any atom is -0.390 e. The van der Waals surface area contributed by atoms with E-state index in [0.29, 0.717) is 13.0 Å². The second-order valence-electron chi connectivity index (χ2n) is 7.25. The van der Waals surface area contributed by atoms with Crippen LogP contribution in [0.4, 0.5) is 0 Å². The summed E-state index contributed by atoms with van der Waals surface area (Å²) in [7, 11) is 0. The normalized spacial score (nSPS) is 15.4. The quantitative estimate of drug-likeness (QED) is 0.629. The molecule has 0 fully saturated rings. The van der Waals surface area contributed by atoms with Gasteiger partial charge >= 0.3 is 0 Å². The molecule has 4 rings (SSSR count). The molecule has 140 valence electrons. The average Bonchev–Trinajstić information content (AvgIpc) is 3.09. The summed E-state index contributed by atoms with van der Waals surface area (Å²) in [6.07, 6.45) is 2.64. The van der Waals surface area contributed by atoms with E-state index in [-0.39, 0.29) is 12.5 Å². The van der Waals surface area contributed by atoms with E-state index in [2.05, 4.69) is 39.5 Å². The Labute approximate surface area is 159 Å². The lowest BCUT2D eigenvalue weighted by atomic mass is 10.00. The monoisotopic (exact) mass is 363 g/mol. The van der Waals surface area contributed by atoms with Gasteiger partial charge in [0, 0.05) is 43.3 Å². The number of aromatic amines is 1. The zero-order valence-corrected chi connectivity index (χ0v) is 15.3. The molecule has 1 amide bonds. The van der Waals surface area contributed by atoms with Gasteiger partial charge in [-0.3, -0.25) is 9.69 Å². The predicted octanol–water partition coefficient (Wildman–Crippen LogP) is 2.25. The molecule has 2 heterocycles. The third kappa shape index (κ3) is 4.21. The van der Waals surface area contributed by atoms with E-state index < -0.39 is 6.10 Å². The molecule has 1 aliphatic heterocycles. The second-order valence-corrected chi connectivity index (χ2v) is 7.25. The highest BCUT2D eigenvalue weighted by atomic mass is 16.3. The van der Waals surface area contributed by atoms with Gasteiger partial charge in [-0.2, -0.15) is 0 Å². The van der Waals surface area contributed by atoms with E-state index in [1.807, 2.05) is 30.5 Å². The number of nitrogens with one attached hydrogen (secondary N) is 2. The van der Waals surface area contributed by atoms with Crippen LogP contribution in [0.5, 0.6) is 0 Å². The number of aliphatic hydroxyl groups is 1. The van der Waals surface area contributed by atoms with Gasteiger partial charge in [0.15, 0.2) is 0 Å². The van der Waals surface area contributed by atoms with E-state index in [1.165, 1.54) is 11.1 Å². The summed E-state index contributed by atoms with van der Waals surface area (Å²) < 4.78 is 0. The highest BCUT2D eigenvalue weighted by Gasteiger charge is 2.19. The Morgan fingerprint density at radius 2 is 1.93 bits per heavy atom. The number of carbonyl (C=O) groups is 1. The molecule has 2 aromatic carbocycles. The van der Waals surface area contributed by atoms with Gasteiger partial charge in [-0.25, -0.2) is 0 Å². The Bertz CT molecular complexity index is 934. The molecule has 1 unspecified atom stereocenters. The number of aliphatic hydroxyl groups excluding tert-OH is 1. The van der Waals surface area contributed by atoms with Gasteiger partial charge in [-0.05, 0) is 29.2 Å². The number of rotatable bonds is 6. The number of H-pyrrole nitrogens is 1. The van der Waals surface area contributed by atoms with E-state index in [0.717, 1.165) is 36.0 Å². The van der Waals surface area contributed by atoms with Crippen LogP contribution in [0.3, 0.4) is 0 Å². The Balaban J connectivity index is 1.26. The highest BCUT2D eigenvalue weighted by molar-refractivity contribution is 5.88. The van der Waals surface area contributed by atoms with Gasteiger partial charge in [-0.15, -0.1) is 0 Å². The Morgan fingerprint density at radius 3 is 2.81 bits per heavy atom. The molecule has 0 aliphatic carbocycles. The average molecular weight is 363 g/mol. The lowest BCUT2D eigenvalue weighted by Crippen LogP contribution is -2.42. The first-order chi connectivity index (χ1) is 13.2. The van der Waals surface area contributed by atoms with Crippen molar-refractivity contribution in [3.05, 3.63) is 71.4 Å². The van der Waals surface area contributed by atoms with Crippen molar-refractivity contribution < 1.29 is 9.90 Å². The van der Waals surface area contributed by atoms with Gasteiger partial charge < -0.3 is 15.4 Å². The molecule has 3 aromatic rings. The van der Waals surface area contributed by atoms with Crippen molar-refractivity contribution >= 4 is 16.8 Å². The molecule has 5 nitrogen and oxygen atoms in total. The van der Waals surface area contributed by atoms with Crippen molar-refractivity contribution in [2.75, 3.05) is 19.6 Å². The maximum absolute atomic E-state index is 12.3. The number of β-amino-alcohol motifs (C(OH)–C–C–N with tert-alkyl or cyclic N) is 1. The molecule has 1 aromatic heterocycles. The molecule has 5 heteroatoms. The Hall–Kier alpha value is -2.63. The van der Waals surface area contributed by atoms with Gasteiger partial charge in [0.1, 0.15) is 0 Å². The van der Waals surface area contributed by atoms with E-state index in [9.17, 15) is 9.90 Å². The molecule has 0 bridgehead atoms. The Kier molecular flexibility index (Phi) is 5.23. The fourth-order valence-corrected chi connectivity index (χ4v) is 3.82. The number of benzene rings is 2. The topological polar surface area (TPSA) is 68.4 Å². The van der Waals surface area contributed by atoms with Gasteiger partial charge in [0.25, 0.3) is 0 Å². The zero-order chi connectivity index (χ0) is 18.6. The number of aromatic nitrogens is 1. The predicted molar refractivity (Wildman–Crippen MR) is 106 cm³/mol. The van der Waals surface area contributed by atoms with Crippen LogP contribution in [-0.2, 0) is 24.2 Å². The number of fused-ring (bicyclic) bond motifs is 2. The minimum atomic E-state index is -0.567. The Morgan fingerprint density at radius 1 is 1.15 bits per heavy atom. The van der Waals surface area contributed by atoms with Crippen LogP contribution in [0.25, 0.3) is 10.9 Å². The van der Waals surface area contributed by atoms with Crippen LogP contribution in [0.2, 0.25) is 0 Å². The van der Waals surface area contributed by atoms with Crippen LogP contribution in [-0.4, -0.2) is 46.6 Å². The lowest BCUT2D eigenvalue weighted by Gasteiger charge is -2.30. The van der Waals surface area contributed by atoms with E-state index >= 15 is 0 Å². The summed E-state index contributed by atoms with van der Waals surface area (Å²) in [5.41, 5.74) is 4.74. The fourth-order valence-electron chi connectivity index (χ4n) is 3.82. The molecule has 1 atom stereocenters. The number of nitrogens with zero attached hydrogens (tertiary/aromatic N) is 1. The number of hydrogen-bond donors (Lipinski definition) is 3. The standard InChI is InChI=1S/C22H25N3O2/c26-19(15-25-10-9-16-5-1-2-6-17(16)14-25)13-24-22(27)11-18-12-23-21-8-4-3-7-20(18)21/h1-8,12,19,23,26H,9-11,13-15H2,(H,24,27). The summed E-state index contributed by atoms with van der Waals surface area (Å²) in [5, 5.41) is 14.3. The smallest absolute Gasteiger partial charge is 0.224 e. The molecule has 0 radical (unpaired) electrons. The van der Waals surface area contributed by atoms with E-state index in [4.69, 9.17) is 0 Å². The number of carbonyl (C=O) groups excluding carboxylic acids is 1. The van der Waals surface area contributed by atoms with Crippen LogP contribution >= 0.6 is 0 Å². The zero-order valence-electron chi connectivity index (χ0n) is 15.3. The molecular weight excluding hydrogens is 338 g/mol. The number of amides is 1. The van der Waals surface area contributed by atoms with Gasteiger partial charge in [0.05, 0.1) is 12.5 Å². The van der Waals surface area contributed by atoms with Crippen LogP contribution < -0.4 is 5.32 Å². The van der Waals surface area contributed by atoms with Crippen molar-refractivity contribution in [3.63, 3.8) is 0 Å². The van der Waals surface area contributed by atoms with Crippen LogP contribution in [0.15, 0.2) is 54.7 Å². The van der Waals surface area contributed by atoms with Crippen molar-refractivity contribution in [3.8, 4) is 0 Å². The summed E-state index contributed by atoms with van der Waals surface area (Å²) in [4.78, 5) is 17.7. The molecule has 0 spiro atoms. The van der Waals surface area contributed by atoms with Crippen molar-refractivity contribution in [2.24, 2.45) is 0 Å². The summed E-state index contributed by atoms with van der Waals surface area (Å²) in [5.74, 6) is -0.0669. The van der Waals surface area contributed by atoms with Crippen LogP contribution in [0.1, 0.15) is 16.7 Å². The third-order valence-electron chi connectivity index (χ3n) is 5.24. The summed E-state index contributed by atoms with van der Waals surface area (Å²) >= 11 is 0. The van der Waals surface area contributed by atoms with E-state index in [1.54, 1.807) is 0 Å². The first-order valence-corrected chi connectivity index (χ1v) is 9.48. The second kappa shape index (κ2) is 7.94. The molecule has 1 aliphatic rings. The minimum absolute atomic E-state index is 0.0669. The lowest BCUT2D eigenvalue weighted by molar-refractivity contribution is -0.120. The SMILES string of the molecule is O=C(Cc1c[nH]c2ccccc12)NCC(O)CN1CCc2ccccc2C1. The van der Waals surface area contributed by atoms with Gasteiger partial charge in [0.2, 0.25) is 5.91 Å². The molecule has 3 N–H and O–H groups in total. The maximum atomic E-state index is 12.3. The van der Waals surface area contributed by atoms with Crippen molar-refractivity contribution in [2.45, 2.75) is 25.5 Å². The largest absolute Gasteiger partial charge is 0.390 e. The summed E-state index contributed by atoms with van der Waals surface area (Å²) in [6.45, 7) is 2.65. The van der Waals surface area contributed by atoms with Crippen molar-refractivity contribution in [1.82, 2.24) is 15.2 Å². The summed E-state index contributed by atoms with van der Waals surface area (Å²) in [6, 6.07) is 16.4.